The Morgan fingerprint density at radius 3 is 2.76 bits per heavy atom. The maximum atomic E-state index is 10.6. The van der Waals surface area contributed by atoms with Crippen molar-refractivity contribution in [2.75, 3.05) is 0 Å². The largest absolute Gasteiger partial charge is 0.385 e. The third kappa shape index (κ3) is 2.39. The minimum absolute atomic E-state index is 0.490. The highest BCUT2D eigenvalue weighted by Gasteiger charge is 2.26. The lowest BCUT2D eigenvalue weighted by atomic mass is 9.87. The lowest BCUT2D eigenvalue weighted by Crippen LogP contribution is -2.26. The maximum absolute atomic E-state index is 10.6. The van der Waals surface area contributed by atoms with Crippen molar-refractivity contribution in [3.63, 3.8) is 0 Å². The lowest BCUT2D eigenvalue weighted by molar-refractivity contribution is 0.0549. The molecule has 3 nitrogen and oxygen atoms in total. The zero-order valence-corrected chi connectivity index (χ0v) is 10.5. The summed E-state index contributed by atoms with van der Waals surface area (Å²) >= 11 is 0. The van der Waals surface area contributed by atoms with Crippen molar-refractivity contribution in [1.82, 2.24) is 9.97 Å². The van der Waals surface area contributed by atoms with Crippen LogP contribution in [0.3, 0.4) is 0 Å². The first kappa shape index (κ1) is 11.9. The summed E-state index contributed by atoms with van der Waals surface area (Å²) in [7, 11) is 0. The van der Waals surface area contributed by atoms with Crippen LogP contribution in [0, 0.1) is 13.8 Å². The summed E-state index contributed by atoms with van der Waals surface area (Å²) in [5, 5.41) is 10.6. The highest BCUT2D eigenvalue weighted by atomic mass is 16.3. The number of nitrogens with one attached hydrogen (secondary N) is 1. The Balaban J connectivity index is 2.34. The summed E-state index contributed by atoms with van der Waals surface area (Å²) in [4.78, 5) is 7.19. The van der Waals surface area contributed by atoms with E-state index in [2.05, 4.69) is 23.0 Å². The standard InChI is InChI=1S/C14H18N2O/c1-10-5-4-6-12(11(10)2)14(3,17)9-13-15-7-8-16-13/h4-8,17H,9H2,1-3H3,(H,15,16). The first-order valence-corrected chi connectivity index (χ1v) is 5.78. The number of H-pyrrole nitrogens is 1. The number of aryl methyl sites for hydroxylation is 1. The fraction of sp³-hybridized carbons (Fsp3) is 0.357. The normalized spacial score (nSPS) is 14.6. The second kappa shape index (κ2) is 4.34. The van der Waals surface area contributed by atoms with Crippen LogP contribution in [0.15, 0.2) is 30.6 Å². The second-order valence-corrected chi connectivity index (χ2v) is 4.73. The summed E-state index contributed by atoms with van der Waals surface area (Å²) < 4.78 is 0. The van der Waals surface area contributed by atoms with Gasteiger partial charge in [0.2, 0.25) is 0 Å². The first-order chi connectivity index (χ1) is 8.00. The molecule has 90 valence electrons. The smallest absolute Gasteiger partial charge is 0.109 e. The van der Waals surface area contributed by atoms with Gasteiger partial charge in [-0.15, -0.1) is 0 Å². The van der Waals surface area contributed by atoms with Gasteiger partial charge in [0, 0.05) is 18.8 Å². The molecule has 1 unspecified atom stereocenters. The molecule has 1 aromatic heterocycles. The third-order valence-electron chi connectivity index (χ3n) is 3.25. The summed E-state index contributed by atoms with van der Waals surface area (Å²) in [6.07, 6.45) is 3.97. The van der Waals surface area contributed by atoms with Crippen molar-refractivity contribution in [2.24, 2.45) is 0 Å². The molecule has 2 rings (SSSR count). The average Bonchev–Trinajstić information content (AvgIpc) is 2.73. The number of nitrogens with zero attached hydrogens (tertiary/aromatic N) is 1. The van der Waals surface area contributed by atoms with Crippen LogP contribution in [0.4, 0.5) is 0 Å². The molecule has 2 N–H and O–H groups in total. The van der Waals surface area contributed by atoms with Gasteiger partial charge in [-0.05, 0) is 37.5 Å². The van der Waals surface area contributed by atoms with E-state index in [1.165, 1.54) is 5.56 Å². The summed E-state index contributed by atoms with van der Waals surface area (Å²) in [5.74, 6) is 0.802. The van der Waals surface area contributed by atoms with E-state index in [9.17, 15) is 5.11 Å². The molecule has 0 bridgehead atoms. The van der Waals surface area contributed by atoms with E-state index in [4.69, 9.17) is 0 Å². The zero-order valence-electron chi connectivity index (χ0n) is 10.5. The molecule has 0 saturated heterocycles. The van der Waals surface area contributed by atoms with Crippen LogP contribution in [0.2, 0.25) is 0 Å². The molecule has 0 aliphatic heterocycles. The molecule has 1 heterocycles. The number of benzene rings is 1. The van der Waals surface area contributed by atoms with Crippen LogP contribution in [0.5, 0.6) is 0 Å². The molecule has 17 heavy (non-hydrogen) atoms. The van der Waals surface area contributed by atoms with E-state index in [0.717, 1.165) is 17.0 Å². The molecule has 1 atom stereocenters. The van der Waals surface area contributed by atoms with E-state index in [0.29, 0.717) is 6.42 Å². The average molecular weight is 230 g/mol. The highest BCUT2D eigenvalue weighted by Crippen LogP contribution is 2.28. The van der Waals surface area contributed by atoms with E-state index < -0.39 is 5.60 Å². The Morgan fingerprint density at radius 1 is 1.35 bits per heavy atom. The van der Waals surface area contributed by atoms with Gasteiger partial charge in [0.25, 0.3) is 0 Å². The van der Waals surface area contributed by atoms with Crippen molar-refractivity contribution < 1.29 is 5.11 Å². The summed E-state index contributed by atoms with van der Waals surface area (Å²) in [5.41, 5.74) is 2.41. The number of aromatic nitrogens is 2. The molecular formula is C14H18N2O. The third-order valence-corrected chi connectivity index (χ3v) is 3.25. The molecule has 0 fully saturated rings. The monoisotopic (exact) mass is 230 g/mol. The SMILES string of the molecule is Cc1cccc(C(C)(O)Cc2ncc[nH]2)c1C. The predicted octanol–water partition coefficient (Wildman–Crippen LogP) is 2.48. The molecular weight excluding hydrogens is 212 g/mol. The van der Waals surface area contributed by atoms with Crippen LogP contribution in [0.1, 0.15) is 29.4 Å². The second-order valence-electron chi connectivity index (χ2n) is 4.73. The van der Waals surface area contributed by atoms with Crippen LogP contribution in [-0.4, -0.2) is 15.1 Å². The van der Waals surface area contributed by atoms with Crippen molar-refractivity contribution in [3.05, 3.63) is 53.1 Å². The van der Waals surface area contributed by atoms with Gasteiger partial charge >= 0.3 is 0 Å². The number of imidazole rings is 1. The first-order valence-electron chi connectivity index (χ1n) is 5.78. The molecule has 0 aliphatic rings. The van der Waals surface area contributed by atoms with Crippen molar-refractivity contribution in [2.45, 2.75) is 32.8 Å². The number of aliphatic hydroxyl groups is 1. The van der Waals surface area contributed by atoms with Gasteiger partial charge in [-0.3, -0.25) is 0 Å². The molecule has 0 amide bonds. The van der Waals surface area contributed by atoms with Crippen molar-refractivity contribution >= 4 is 0 Å². The maximum Gasteiger partial charge on any atom is 0.109 e. The summed E-state index contributed by atoms with van der Waals surface area (Å²) in [6, 6.07) is 6.02. The van der Waals surface area contributed by atoms with Crippen LogP contribution >= 0.6 is 0 Å². The van der Waals surface area contributed by atoms with Gasteiger partial charge in [0.1, 0.15) is 5.82 Å². The van der Waals surface area contributed by atoms with Crippen LogP contribution in [-0.2, 0) is 12.0 Å². The van der Waals surface area contributed by atoms with Gasteiger partial charge in [0.15, 0.2) is 0 Å². The Kier molecular flexibility index (Phi) is 3.03. The zero-order chi connectivity index (χ0) is 12.5. The number of hydrogen-bond acceptors (Lipinski definition) is 2. The highest BCUT2D eigenvalue weighted by molar-refractivity contribution is 5.37. The van der Waals surface area contributed by atoms with Gasteiger partial charge in [0.05, 0.1) is 5.60 Å². The number of hydrogen-bond donors (Lipinski definition) is 2. The van der Waals surface area contributed by atoms with Crippen molar-refractivity contribution in [3.8, 4) is 0 Å². The molecule has 1 aromatic carbocycles. The molecule has 0 spiro atoms. The Hall–Kier alpha value is -1.61. The topological polar surface area (TPSA) is 48.9 Å². The molecule has 0 saturated carbocycles. The molecule has 0 aliphatic carbocycles. The predicted molar refractivity (Wildman–Crippen MR) is 67.8 cm³/mol. The molecule has 3 heteroatoms. The van der Waals surface area contributed by atoms with Crippen LogP contribution < -0.4 is 0 Å². The minimum atomic E-state index is -0.895. The lowest BCUT2D eigenvalue weighted by Gasteiger charge is -2.25. The van der Waals surface area contributed by atoms with E-state index >= 15 is 0 Å². The Morgan fingerprint density at radius 2 is 2.12 bits per heavy atom. The van der Waals surface area contributed by atoms with Gasteiger partial charge in [-0.1, -0.05) is 18.2 Å². The van der Waals surface area contributed by atoms with Gasteiger partial charge < -0.3 is 10.1 Å². The van der Waals surface area contributed by atoms with Crippen LogP contribution in [0.25, 0.3) is 0 Å². The fourth-order valence-electron chi connectivity index (χ4n) is 2.15. The van der Waals surface area contributed by atoms with Gasteiger partial charge in [-0.2, -0.15) is 0 Å². The number of aromatic amines is 1. The minimum Gasteiger partial charge on any atom is -0.385 e. The van der Waals surface area contributed by atoms with Crippen molar-refractivity contribution in [1.29, 1.82) is 0 Å². The Labute approximate surface area is 102 Å². The molecule has 0 radical (unpaired) electrons. The van der Waals surface area contributed by atoms with E-state index in [1.54, 1.807) is 12.4 Å². The molecule has 2 aromatic rings. The van der Waals surface area contributed by atoms with Gasteiger partial charge in [-0.25, -0.2) is 4.98 Å². The quantitative estimate of drug-likeness (QED) is 0.851. The number of rotatable bonds is 3. The van der Waals surface area contributed by atoms with E-state index in [1.807, 2.05) is 26.0 Å². The summed E-state index contributed by atoms with van der Waals surface area (Å²) in [6.45, 7) is 5.93. The Bertz CT molecular complexity index is 501. The fourth-order valence-corrected chi connectivity index (χ4v) is 2.15. The van der Waals surface area contributed by atoms with E-state index in [-0.39, 0.29) is 0 Å².